The van der Waals surface area contributed by atoms with Crippen molar-refractivity contribution in [2.75, 3.05) is 5.32 Å². The van der Waals surface area contributed by atoms with Gasteiger partial charge in [0.2, 0.25) is 0 Å². The fourth-order valence-corrected chi connectivity index (χ4v) is 5.21. The van der Waals surface area contributed by atoms with E-state index >= 15 is 0 Å². The largest absolute Gasteiger partial charge is 0.480 e. The lowest BCUT2D eigenvalue weighted by molar-refractivity contribution is -0.144. The number of aryl methyl sites for hydroxylation is 1. The Kier molecular flexibility index (Phi) is 9.18. The van der Waals surface area contributed by atoms with Crippen molar-refractivity contribution >= 4 is 23.5 Å². The van der Waals surface area contributed by atoms with Crippen LogP contribution < -0.4 is 5.32 Å². The Morgan fingerprint density at radius 3 is 2.21 bits per heavy atom. The van der Waals surface area contributed by atoms with E-state index in [-0.39, 0.29) is 17.7 Å². The summed E-state index contributed by atoms with van der Waals surface area (Å²) in [6, 6.07) is 20.1. The summed E-state index contributed by atoms with van der Waals surface area (Å²) in [4.78, 5) is 39.0. The van der Waals surface area contributed by atoms with Crippen molar-refractivity contribution in [3.05, 3.63) is 89.0 Å². The fraction of sp³-hybridized carbons (Fsp3) is 0.364. The number of hydrogen-bond donors (Lipinski definition) is 2. The first-order valence-corrected chi connectivity index (χ1v) is 14.0. The maximum absolute atomic E-state index is 13.1. The molecular weight excluding hydrogens is 488 g/mol. The molecule has 6 heteroatoms. The molecule has 1 heterocycles. The van der Waals surface area contributed by atoms with E-state index in [2.05, 4.69) is 12.2 Å². The van der Waals surface area contributed by atoms with Gasteiger partial charge in [0.25, 0.3) is 11.8 Å². The molecule has 3 aromatic carbocycles. The van der Waals surface area contributed by atoms with E-state index in [1.165, 1.54) is 42.6 Å². The first-order valence-electron chi connectivity index (χ1n) is 14.0. The number of carbonyl (C=O) groups is 3. The minimum Gasteiger partial charge on any atom is -0.480 e. The molecule has 2 N–H and O–H groups in total. The van der Waals surface area contributed by atoms with E-state index in [9.17, 15) is 19.5 Å². The van der Waals surface area contributed by atoms with Gasteiger partial charge in [0.1, 0.15) is 6.04 Å². The Morgan fingerprint density at radius 1 is 0.897 bits per heavy atom. The number of anilines is 1. The van der Waals surface area contributed by atoms with E-state index in [1.807, 2.05) is 80.6 Å². The number of hydrogen-bond acceptors (Lipinski definition) is 3. The van der Waals surface area contributed by atoms with E-state index < -0.39 is 12.0 Å². The zero-order valence-electron chi connectivity index (χ0n) is 23.1. The molecule has 0 radical (unpaired) electrons. The number of benzene rings is 3. The number of nitrogens with one attached hydrogen (secondary N) is 1. The number of carbonyl (C=O) groups excluding carboxylic acids is 2. The molecule has 0 spiro atoms. The number of aliphatic carboxylic acids is 1. The first kappa shape index (κ1) is 28.1. The third-order valence-corrected chi connectivity index (χ3v) is 7.42. The SMILES string of the molecule is CCCCCCCc1ccc(C(=O)Nc2ccc(-c3ccc4c(c3)C(=O)N([C@H](C(=O)O)C(C)C)C4)cc2)cc1. The Hall–Kier alpha value is -3.93. The summed E-state index contributed by atoms with van der Waals surface area (Å²) in [6.45, 7) is 6.14. The molecule has 0 aromatic heterocycles. The third-order valence-electron chi connectivity index (χ3n) is 7.42. The number of fused-ring (bicyclic) bond motifs is 1. The Morgan fingerprint density at radius 2 is 1.56 bits per heavy atom. The Labute approximate surface area is 231 Å². The number of carboxylic acid groups (broad SMARTS) is 1. The van der Waals surface area contributed by atoms with Crippen molar-refractivity contribution in [2.45, 2.75) is 71.9 Å². The minimum absolute atomic E-state index is 0.154. The summed E-state index contributed by atoms with van der Waals surface area (Å²) in [6.07, 6.45) is 7.28. The summed E-state index contributed by atoms with van der Waals surface area (Å²) >= 11 is 0. The normalized spacial score (nSPS) is 13.4. The summed E-state index contributed by atoms with van der Waals surface area (Å²) in [5.41, 5.74) is 5.71. The molecule has 39 heavy (non-hydrogen) atoms. The highest BCUT2D eigenvalue weighted by Crippen LogP contribution is 2.31. The minimum atomic E-state index is -0.988. The molecule has 0 unspecified atom stereocenters. The first-order chi connectivity index (χ1) is 18.8. The lowest BCUT2D eigenvalue weighted by Gasteiger charge is -2.27. The van der Waals surface area contributed by atoms with Crippen LogP contribution in [0, 0.1) is 5.92 Å². The maximum atomic E-state index is 13.1. The molecule has 204 valence electrons. The van der Waals surface area contributed by atoms with Crippen LogP contribution in [0.2, 0.25) is 0 Å². The molecule has 0 aliphatic carbocycles. The van der Waals surface area contributed by atoms with Gasteiger partial charge >= 0.3 is 5.97 Å². The van der Waals surface area contributed by atoms with E-state index in [0.29, 0.717) is 23.4 Å². The van der Waals surface area contributed by atoms with Crippen LogP contribution in [0.1, 0.15) is 84.7 Å². The highest BCUT2D eigenvalue weighted by Gasteiger charge is 2.38. The average Bonchev–Trinajstić information content (AvgIpc) is 3.24. The van der Waals surface area contributed by atoms with E-state index in [4.69, 9.17) is 0 Å². The maximum Gasteiger partial charge on any atom is 0.326 e. The lowest BCUT2D eigenvalue weighted by Crippen LogP contribution is -2.44. The van der Waals surface area contributed by atoms with Gasteiger partial charge in [-0.3, -0.25) is 9.59 Å². The number of nitrogens with zero attached hydrogens (tertiary/aromatic N) is 1. The molecule has 0 saturated carbocycles. The lowest BCUT2D eigenvalue weighted by atomic mass is 10.00. The molecule has 0 fully saturated rings. The molecule has 2 amide bonds. The predicted molar refractivity (Wildman–Crippen MR) is 155 cm³/mol. The summed E-state index contributed by atoms with van der Waals surface area (Å²) < 4.78 is 0. The fourth-order valence-electron chi connectivity index (χ4n) is 5.21. The molecule has 1 atom stereocenters. The van der Waals surface area contributed by atoms with Crippen LogP contribution >= 0.6 is 0 Å². The van der Waals surface area contributed by atoms with Crippen LogP contribution in [0.3, 0.4) is 0 Å². The van der Waals surface area contributed by atoms with Gasteiger partial charge in [0, 0.05) is 23.4 Å². The average molecular weight is 527 g/mol. The van der Waals surface area contributed by atoms with Gasteiger partial charge in [-0.25, -0.2) is 4.79 Å². The molecule has 0 bridgehead atoms. The molecule has 4 rings (SSSR count). The molecular formula is C33H38N2O4. The quantitative estimate of drug-likeness (QED) is 0.245. The zero-order chi connectivity index (χ0) is 27.9. The monoisotopic (exact) mass is 526 g/mol. The summed E-state index contributed by atoms with van der Waals surface area (Å²) in [5.74, 6) is -1.59. The molecule has 6 nitrogen and oxygen atoms in total. The zero-order valence-corrected chi connectivity index (χ0v) is 23.1. The van der Waals surface area contributed by atoms with Crippen LogP contribution in [-0.2, 0) is 17.8 Å². The topological polar surface area (TPSA) is 86.7 Å². The van der Waals surface area contributed by atoms with Crippen LogP contribution in [0.15, 0.2) is 66.7 Å². The Balaban J connectivity index is 1.38. The standard InChI is InChI=1S/C33H38N2O4/c1-4-5-6-7-8-9-23-10-12-25(13-11-23)31(36)34-28-18-16-24(17-19-28)26-14-15-27-21-35(32(37)29(27)20-26)30(22(2)3)33(38)39/h10-20,22,30H,4-9,21H2,1-3H3,(H,34,36)(H,38,39)/t30-/m0/s1. The number of rotatable bonds is 12. The van der Waals surface area contributed by atoms with Crippen molar-refractivity contribution in [2.24, 2.45) is 5.92 Å². The van der Waals surface area contributed by atoms with Crippen LogP contribution in [0.5, 0.6) is 0 Å². The second kappa shape index (κ2) is 12.7. The van der Waals surface area contributed by atoms with Gasteiger partial charge in [0.15, 0.2) is 0 Å². The number of unbranched alkanes of at least 4 members (excludes halogenated alkanes) is 4. The second-order valence-corrected chi connectivity index (χ2v) is 10.7. The highest BCUT2D eigenvalue weighted by atomic mass is 16.4. The van der Waals surface area contributed by atoms with Crippen LogP contribution in [0.4, 0.5) is 5.69 Å². The number of carboxylic acids is 1. The van der Waals surface area contributed by atoms with Gasteiger partial charge in [-0.1, -0.05) is 82.9 Å². The van der Waals surface area contributed by atoms with Crippen molar-refractivity contribution in [1.29, 1.82) is 0 Å². The van der Waals surface area contributed by atoms with E-state index in [1.54, 1.807) is 0 Å². The third kappa shape index (κ3) is 6.75. The van der Waals surface area contributed by atoms with Crippen molar-refractivity contribution in [3.63, 3.8) is 0 Å². The summed E-state index contributed by atoms with van der Waals surface area (Å²) in [5, 5.41) is 12.6. The van der Waals surface area contributed by atoms with Gasteiger partial charge in [-0.2, -0.15) is 0 Å². The van der Waals surface area contributed by atoms with Crippen LogP contribution in [-0.4, -0.2) is 33.8 Å². The van der Waals surface area contributed by atoms with Crippen molar-refractivity contribution < 1.29 is 19.5 Å². The molecule has 3 aromatic rings. The smallest absolute Gasteiger partial charge is 0.326 e. The van der Waals surface area contributed by atoms with Gasteiger partial charge in [0.05, 0.1) is 0 Å². The highest BCUT2D eigenvalue weighted by molar-refractivity contribution is 6.04. The molecule has 1 aliphatic rings. The van der Waals surface area contributed by atoms with Crippen molar-refractivity contribution in [3.8, 4) is 11.1 Å². The van der Waals surface area contributed by atoms with Gasteiger partial charge in [-0.05, 0) is 71.3 Å². The van der Waals surface area contributed by atoms with Crippen LogP contribution in [0.25, 0.3) is 11.1 Å². The Bertz CT molecular complexity index is 1310. The van der Waals surface area contributed by atoms with Crippen molar-refractivity contribution in [1.82, 2.24) is 4.90 Å². The van der Waals surface area contributed by atoms with Gasteiger partial charge < -0.3 is 15.3 Å². The number of amides is 2. The van der Waals surface area contributed by atoms with E-state index in [0.717, 1.165) is 23.1 Å². The molecule has 1 aliphatic heterocycles. The molecule has 0 saturated heterocycles. The summed E-state index contributed by atoms with van der Waals surface area (Å²) in [7, 11) is 0. The predicted octanol–water partition coefficient (Wildman–Crippen LogP) is 7.18. The van der Waals surface area contributed by atoms with Gasteiger partial charge in [-0.15, -0.1) is 0 Å². The second-order valence-electron chi connectivity index (χ2n) is 10.7.